The lowest BCUT2D eigenvalue weighted by atomic mass is 9.80. The van der Waals surface area contributed by atoms with E-state index in [1.54, 1.807) is 38.1 Å². The van der Waals surface area contributed by atoms with Crippen molar-refractivity contribution in [2.45, 2.75) is 66.2 Å². The number of aliphatic hydroxyl groups is 1. The topological polar surface area (TPSA) is 126 Å². The van der Waals surface area contributed by atoms with Crippen LogP contribution < -0.4 is 0 Å². The van der Waals surface area contributed by atoms with Gasteiger partial charge in [0.2, 0.25) is 0 Å². The number of carbonyl (C=O) groups excluding carboxylic acids is 4. The highest BCUT2D eigenvalue weighted by Gasteiger charge is 2.31. The first-order valence-electron chi connectivity index (χ1n) is 13.2. The van der Waals surface area contributed by atoms with Crippen molar-refractivity contribution in [2.24, 2.45) is 10.8 Å². The Labute approximate surface area is 229 Å². The van der Waals surface area contributed by atoms with Crippen molar-refractivity contribution in [1.29, 1.82) is 0 Å². The van der Waals surface area contributed by atoms with Gasteiger partial charge in [-0.25, -0.2) is 0 Å². The maximum Gasteiger partial charge on any atom is 0.309 e. The van der Waals surface area contributed by atoms with E-state index in [1.807, 2.05) is 13.8 Å². The summed E-state index contributed by atoms with van der Waals surface area (Å²) in [4.78, 5) is 63.5. The van der Waals surface area contributed by atoms with Crippen molar-refractivity contribution in [2.75, 3.05) is 6.61 Å². The summed E-state index contributed by atoms with van der Waals surface area (Å²) in [6, 6.07) is 6.73. The largest absolute Gasteiger partial charge is 0.481 e. The zero-order chi connectivity index (χ0) is 29.0. The number of carboxylic acids is 1. The Morgan fingerprint density at radius 3 is 1.56 bits per heavy atom. The molecular weight excluding hydrogens is 496 g/mol. The third-order valence-corrected chi connectivity index (χ3v) is 7.34. The van der Waals surface area contributed by atoms with E-state index in [-0.39, 0.29) is 52.7 Å². The standard InChI is InChI=1S/C32H36O7/c1-31(2,19-33)13-7-9-20-15-22(34)17-26(28(20)36)24-11-5-6-12-25(24)27-18-23(35)16-21(29(27)37)10-8-14-32(3,4)30(38)39/h5-6,11-12,15-18,33H,7-10,13-14,19H2,1-4H3,(H,38,39). The van der Waals surface area contributed by atoms with Crippen LogP contribution in [0.25, 0.3) is 11.1 Å². The van der Waals surface area contributed by atoms with Crippen LogP contribution in [0.15, 0.2) is 59.7 Å². The molecular formula is C32H36O7. The molecule has 2 aliphatic carbocycles. The fraction of sp³-hybridized carbons (Fsp3) is 0.406. The number of Topliss-reactive ketones (excluding diaryl/α,β-unsaturated/α-hetero) is 2. The molecule has 0 radical (unpaired) electrons. The summed E-state index contributed by atoms with van der Waals surface area (Å²) >= 11 is 0. The highest BCUT2D eigenvalue weighted by molar-refractivity contribution is 6.40. The molecule has 3 rings (SSSR count). The molecule has 0 saturated heterocycles. The van der Waals surface area contributed by atoms with Crippen LogP contribution in [0.5, 0.6) is 0 Å². The second-order valence-electron chi connectivity index (χ2n) is 11.7. The van der Waals surface area contributed by atoms with Crippen molar-refractivity contribution in [3.63, 3.8) is 0 Å². The molecule has 0 unspecified atom stereocenters. The van der Waals surface area contributed by atoms with Gasteiger partial charge in [0.25, 0.3) is 0 Å². The fourth-order valence-corrected chi connectivity index (χ4v) is 4.71. The van der Waals surface area contributed by atoms with Crippen LogP contribution in [0.1, 0.15) is 77.3 Å². The van der Waals surface area contributed by atoms with Gasteiger partial charge in [0.15, 0.2) is 23.1 Å². The second kappa shape index (κ2) is 12.0. The van der Waals surface area contributed by atoms with E-state index in [9.17, 15) is 34.2 Å². The minimum absolute atomic E-state index is 0.0209. The third kappa shape index (κ3) is 7.24. The summed E-state index contributed by atoms with van der Waals surface area (Å²) in [5.74, 6) is -2.27. The number of allylic oxidation sites excluding steroid dienone is 8. The first-order valence-corrected chi connectivity index (χ1v) is 13.2. The Kier molecular flexibility index (Phi) is 9.18. The number of carboxylic acid groups (broad SMARTS) is 1. The van der Waals surface area contributed by atoms with Crippen LogP contribution in [0, 0.1) is 10.8 Å². The van der Waals surface area contributed by atoms with Gasteiger partial charge in [-0.2, -0.15) is 0 Å². The normalized spacial score (nSPS) is 16.5. The molecule has 1 aromatic carbocycles. The average Bonchev–Trinajstić information content (AvgIpc) is 2.87. The minimum Gasteiger partial charge on any atom is -0.481 e. The van der Waals surface area contributed by atoms with Crippen molar-refractivity contribution < 1.29 is 34.2 Å². The van der Waals surface area contributed by atoms with Gasteiger partial charge in [0.1, 0.15) is 0 Å². The summed E-state index contributed by atoms with van der Waals surface area (Å²) < 4.78 is 0. The number of hydrogen-bond acceptors (Lipinski definition) is 6. The molecule has 0 saturated carbocycles. The summed E-state index contributed by atoms with van der Waals surface area (Å²) in [5.41, 5.74) is 0.543. The van der Waals surface area contributed by atoms with Gasteiger partial charge in [0, 0.05) is 28.9 Å². The van der Waals surface area contributed by atoms with Gasteiger partial charge < -0.3 is 10.2 Å². The number of ketones is 4. The molecule has 0 bridgehead atoms. The number of aliphatic carboxylic acids is 1. The smallest absolute Gasteiger partial charge is 0.309 e. The van der Waals surface area contributed by atoms with Crippen molar-refractivity contribution in [3.8, 4) is 0 Å². The van der Waals surface area contributed by atoms with Crippen LogP contribution >= 0.6 is 0 Å². The van der Waals surface area contributed by atoms with Crippen LogP contribution in [0.4, 0.5) is 0 Å². The van der Waals surface area contributed by atoms with Gasteiger partial charge in [-0.05, 0) is 93.2 Å². The van der Waals surface area contributed by atoms with E-state index in [0.29, 0.717) is 54.4 Å². The molecule has 7 heteroatoms. The van der Waals surface area contributed by atoms with Gasteiger partial charge in [-0.3, -0.25) is 24.0 Å². The molecule has 1 aromatic rings. The van der Waals surface area contributed by atoms with Gasteiger partial charge in [-0.1, -0.05) is 38.1 Å². The van der Waals surface area contributed by atoms with E-state index in [4.69, 9.17) is 0 Å². The molecule has 2 aliphatic rings. The number of aliphatic hydroxyl groups excluding tert-OH is 1. The van der Waals surface area contributed by atoms with Crippen LogP contribution in [-0.2, 0) is 24.0 Å². The molecule has 0 fully saturated rings. The molecule has 0 aromatic heterocycles. The highest BCUT2D eigenvalue weighted by atomic mass is 16.4. The van der Waals surface area contributed by atoms with E-state index in [0.717, 1.165) is 0 Å². The number of hydrogen-bond donors (Lipinski definition) is 2. The molecule has 0 aliphatic heterocycles. The Morgan fingerprint density at radius 1 is 0.718 bits per heavy atom. The fourth-order valence-electron chi connectivity index (χ4n) is 4.71. The zero-order valence-corrected chi connectivity index (χ0v) is 23.0. The molecule has 0 spiro atoms. The van der Waals surface area contributed by atoms with Gasteiger partial charge in [-0.15, -0.1) is 0 Å². The lowest BCUT2D eigenvalue weighted by Gasteiger charge is -2.23. The first kappa shape index (κ1) is 29.8. The monoisotopic (exact) mass is 532 g/mol. The second-order valence-corrected chi connectivity index (χ2v) is 11.7. The van der Waals surface area contributed by atoms with Crippen molar-refractivity contribution in [3.05, 3.63) is 70.8 Å². The lowest BCUT2D eigenvalue weighted by Crippen LogP contribution is -2.23. The number of carbonyl (C=O) groups is 5. The average molecular weight is 533 g/mol. The van der Waals surface area contributed by atoms with E-state index < -0.39 is 11.4 Å². The molecule has 0 amide bonds. The minimum atomic E-state index is -0.951. The van der Waals surface area contributed by atoms with Crippen molar-refractivity contribution in [1.82, 2.24) is 0 Å². The summed E-state index contributed by atoms with van der Waals surface area (Å²) in [6.45, 7) is 7.12. The highest BCUT2D eigenvalue weighted by Crippen LogP contribution is 2.35. The van der Waals surface area contributed by atoms with Crippen LogP contribution in [0.3, 0.4) is 0 Å². The van der Waals surface area contributed by atoms with Gasteiger partial charge >= 0.3 is 5.97 Å². The zero-order valence-electron chi connectivity index (χ0n) is 23.0. The molecule has 2 N–H and O–H groups in total. The van der Waals surface area contributed by atoms with E-state index in [1.165, 1.54) is 24.3 Å². The molecule has 0 heterocycles. The Morgan fingerprint density at radius 2 is 1.15 bits per heavy atom. The predicted molar refractivity (Wildman–Crippen MR) is 149 cm³/mol. The molecule has 206 valence electrons. The first-order chi connectivity index (χ1) is 18.3. The summed E-state index contributed by atoms with van der Waals surface area (Å²) in [6.07, 6.45) is 7.82. The van der Waals surface area contributed by atoms with Crippen LogP contribution in [0.2, 0.25) is 0 Å². The summed E-state index contributed by atoms with van der Waals surface area (Å²) in [5, 5.41) is 18.9. The Balaban J connectivity index is 1.84. The Bertz CT molecular complexity index is 1330. The maximum absolute atomic E-state index is 13.5. The van der Waals surface area contributed by atoms with Gasteiger partial charge in [0.05, 0.1) is 5.41 Å². The van der Waals surface area contributed by atoms with Crippen molar-refractivity contribution >= 4 is 40.2 Å². The third-order valence-electron chi connectivity index (χ3n) is 7.34. The predicted octanol–water partition coefficient (Wildman–Crippen LogP) is 5.08. The van der Waals surface area contributed by atoms with E-state index in [2.05, 4.69) is 0 Å². The van der Waals surface area contributed by atoms with Crippen LogP contribution in [-0.4, -0.2) is 45.9 Å². The lowest BCUT2D eigenvalue weighted by molar-refractivity contribution is -0.147. The number of rotatable bonds is 12. The summed E-state index contributed by atoms with van der Waals surface area (Å²) in [7, 11) is 0. The molecule has 39 heavy (non-hydrogen) atoms. The molecule has 0 atom stereocenters. The Hall–Kier alpha value is -3.71. The SMILES string of the molecule is CC(C)(CO)CCCC1=CC(=O)C=C(c2ccccc2C2=CC(=O)C=C(CCCC(C)(C)C(=O)O)C2=O)C1=O. The quantitative estimate of drug-likeness (QED) is 0.360. The maximum atomic E-state index is 13.5. The van der Waals surface area contributed by atoms with E-state index >= 15 is 0 Å². The molecule has 7 nitrogen and oxygen atoms in total. The number of benzene rings is 1.